The molecule has 118 valence electrons. The molecule has 0 aliphatic carbocycles. The van der Waals surface area contributed by atoms with Gasteiger partial charge in [-0.25, -0.2) is 4.79 Å². The van der Waals surface area contributed by atoms with Gasteiger partial charge in [0.2, 0.25) is 5.60 Å². The molecule has 2 bridgehead atoms. The zero-order valence-electron chi connectivity index (χ0n) is 10.7. The van der Waals surface area contributed by atoms with Crippen LogP contribution in [0.25, 0.3) is 0 Å². The van der Waals surface area contributed by atoms with E-state index in [2.05, 4.69) is 10.8 Å². The average molecular weight is 328 g/mol. The highest BCUT2D eigenvalue weighted by atomic mass is 32.2. The minimum absolute atomic E-state index is 0.0103. The van der Waals surface area contributed by atoms with Crippen molar-refractivity contribution < 1.29 is 40.0 Å². The standard InChI is InChI=1S/C11H11F3O6S/c1-4(2)9(15)19-6-5-3-10(11(12,13)14)8(18-5)7(6)21(16,17)20-10/h5-8H,1,3H2,2H3. The Morgan fingerprint density at radius 3 is 2.57 bits per heavy atom. The molecule has 3 saturated heterocycles. The molecule has 6 nitrogen and oxygen atoms in total. The van der Waals surface area contributed by atoms with Gasteiger partial charge in [-0.15, -0.1) is 0 Å². The van der Waals surface area contributed by atoms with E-state index < -0.39 is 57.8 Å². The Morgan fingerprint density at radius 2 is 2.05 bits per heavy atom. The van der Waals surface area contributed by atoms with E-state index in [1.165, 1.54) is 6.92 Å². The summed E-state index contributed by atoms with van der Waals surface area (Å²) >= 11 is 0. The van der Waals surface area contributed by atoms with Crippen LogP contribution in [0.5, 0.6) is 0 Å². The molecule has 0 aromatic heterocycles. The van der Waals surface area contributed by atoms with Crippen molar-refractivity contribution in [2.75, 3.05) is 0 Å². The summed E-state index contributed by atoms with van der Waals surface area (Å²) in [5.74, 6) is -0.879. The van der Waals surface area contributed by atoms with Gasteiger partial charge < -0.3 is 9.47 Å². The van der Waals surface area contributed by atoms with Crippen LogP contribution < -0.4 is 0 Å². The first-order valence-corrected chi connectivity index (χ1v) is 7.50. The first kappa shape index (κ1) is 14.8. The Hall–Kier alpha value is -1.13. The van der Waals surface area contributed by atoms with Gasteiger partial charge in [0.25, 0.3) is 10.1 Å². The number of alkyl halides is 3. The molecule has 0 N–H and O–H groups in total. The molecule has 3 heterocycles. The lowest BCUT2D eigenvalue weighted by atomic mass is 9.82. The van der Waals surface area contributed by atoms with Crippen LogP contribution in [-0.4, -0.2) is 49.7 Å². The highest BCUT2D eigenvalue weighted by Crippen LogP contribution is 2.60. The van der Waals surface area contributed by atoms with Crippen LogP contribution in [-0.2, 0) is 28.6 Å². The molecule has 0 aromatic rings. The number of hydrogen-bond acceptors (Lipinski definition) is 6. The van der Waals surface area contributed by atoms with E-state index >= 15 is 0 Å². The second-order valence-electron chi connectivity index (χ2n) is 5.38. The van der Waals surface area contributed by atoms with E-state index in [1.54, 1.807) is 0 Å². The summed E-state index contributed by atoms with van der Waals surface area (Å²) in [6.45, 7) is 4.68. The van der Waals surface area contributed by atoms with E-state index in [0.717, 1.165) is 0 Å². The summed E-state index contributed by atoms with van der Waals surface area (Å²) in [5.41, 5.74) is -2.86. The van der Waals surface area contributed by atoms with Crippen molar-refractivity contribution in [2.45, 2.75) is 48.7 Å². The quantitative estimate of drug-likeness (QED) is 0.421. The van der Waals surface area contributed by atoms with Gasteiger partial charge in [0, 0.05) is 12.0 Å². The molecule has 0 saturated carbocycles. The van der Waals surface area contributed by atoms with Crippen LogP contribution in [0.2, 0.25) is 0 Å². The lowest BCUT2D eigenvalue weighted by Gasteiger charge is -2.31. The van der Waals surface area contributed by atoms with Gasteiger partial charge in [-0.3, -0.25) is 4.18 Å². The number of rotatable bonds is 2. The summed E-state index contributed by atoms with van der Waals surface area (Å²) in [6, 6.07) is 0. The van der Waals surface area contributed by atoms with Gasteiger partial charge in [0.05, 0.1) is 6.10 Å². The molecule has 0 spiro atoms. The molecule has 0 radical (unpaired) electrons. The number of esters is 1. The van der Waals surface area contributed by atoms with Crippen LogP contribution in [0.15, 0.2) is 12.2 Å². The highest BCUT2D eigenvalue weighted by molar-refractivity contribution is 7.87. The maximum Gasteiger partial charge on any atom is 0.421 e. The van der Waals surface area contributed by atoms with Crippen LogP contribution in [0, 0.1) is 0 Å². The largest absolute Gasteiger partial charge is 0.455 e. The lowest BCUT2D eigenvalue weighted by molar-refractivity contribution is -0.253. The van der Waals surface area contributed by atoms with Crippen molar-refractivity contribution in [3.63, 3.8) is 0 Å². The molecule has 3 rings (SSSR count). The van der Waals surface area contributed by atoms with E-state index in [0.29, 0.717) is 0 Å². The number of ether oxygens (including phenoxy) is 2. The summed E-state index contributed by atoms with van der Waals surface area (Å²) in [7, 11) is -4.55. The second kappa shape index (κ2) is 3.99. The smallest absolute Gasteiger partial charge is 0.421 e. The Labute approximate surface area is 118 Å². The minimum atomic E-state index is -4.89. The predicted octanol–water partition coefficient (Wildman–Crippen LogP) is 0.675. The minimum Gasteiger partial charge on any atom is -0.455 e. The fourth-order valence-corrected chi connectivity index (χ4v) is 4.96. The molecule has 0 aromatic carbocycles. The zero-order chi connectivity index (χ0) is 15.8. The maximum atomic E-state index is 13.2. The van der Waals surface area contributed by atoms with Gasteiger partial charge in [0.15, 0.2) is 11.4 Å². The van der Waals surface area contributed by atoms with E-state index in [1.807, 2.05) is 0 Å². The van der Waals surface area contributed by atoms with Crippen LogP contribution in [0.4, 0.5) is 13.2 Å². The van der Waals surface area contributed by atoms with E-state index in [-0.39, 0.29) is 5.57 Å². The molecule has 0 amide bonds. The maximum absolute atomic E-state index is 13.2. The third-order valence-corrected chi connectivity index (χ3v) is 5.66. The normalized spacial score (nSPS) is 43.0. The Balaban J connectivity index is 1.97. The first-order valence-electron chi connectivity index (χ1n) is 6.03. The van der Waals surface area contributed by atoms with Crippen molar-refractivity contribution in [3.8, 4) is 0 Å². The fraction of sp³-hybridized carbons (Fsp3) is 0.727. The SMILES string of the molecule is C=C(C)C(=O)OC1C2CC3(C(F)(F)F)OS(=O)(=O)C1C3O2. The Bertz CT molecular complexity index is 626. The Morgan fingerprint density at radius 1 is 1.43 bits per heavy atom. The molecule has 3 aliphatic heterocycles. The number of fused-ring (bicyclic) bond motifs is 1. The van der Waals surface area contributed by atoms with Gasteiger partial charge in [-0.1, -0.05) is 6.58 Å². The van der Waals surface area contributed by atoms with Crippen LogP contribution >= 0.6 is 0 Å². The lowest BCUT2D eigenvalue weighted by Crippen LogP contribution is -2.55. The first-order chi connectivity index (χ1) is 9.49. The predicted molar refractivity (Wildman–Crippen MR) is 60.6 cm³/mol. The molecule has 10 heteroatoms. The molecule has 5 unspecified atom stereocenters. The van der Waals surface area contributed by atoms with E-state index in [4.69, 9.17) is 9.47 Å². The van der Waals surface area contributed by atoms with Gasteiger partial charge in [0.1, 0.15) is 6.10 Å². The Kier molecular flexibility index (Phi) is 2.81. The van der Waals surface area contributed by atoms with Crippen molar-refractivity contribution in [1.29, 1.82) is 0 Å². The third kappa shape index (κ3) is 1.78. The number of carbonyl (C=O) groups is 1. The van der Waals surface area contributed by atoms with Crippen LogP contribution in [0.3, 0.4) is 0 Å². The molecule has 3 fully saturated rings. The number of carbonyl (C=O) groups excluding carboxylic acids is 1. The summed E-state index contributed by atoms with van der Waals surface area (Å²) < 4.78 is 77.7. The third-order valence-electron chi connectivity index (χ3n) is 3.94. The summed E-state index contributed by atoms with van der Waals surface area (Å²) in [6.07, 6.45) is -9.80. The number of hydrogen-bond donors (Lipinski definition) is 0. The molecule has 3 aliphatic rings. The van der Waals surface area contributed by atoms with E-state index in [9.17, 15) is 26.4 Å². The molecular formula is C11H11F3O6S. The monoisotopic (exact) mass is 328 g/mol. The fourth-order valence-electron chi connectivity index (χ4n) is 3.03. The average Bonchev–Trinajstić information content (AvgIpc) is 2.86. The van der Waals surface area contributed by atoms with Gasteiger partial charge in [-0.05, 0) is 6.92 Å². The number of halogens is 3. The van der Waals surface area contributed by atoms with Gasteiger partial charge in [-0.2, -0.15) is 21.6 Å². The molecule has 21 heavy (non-hydrogen) atoms. The zero-order valence-corrected chi connectivity index (χ0v) is 11.5. The second-order valence-corrected chi connectivity index (χ2v) is 7.07. The highest BCUT2D eigenvalue weighted by Gasteiger charge is 2.82. The summed E-state index contributed by atoms with van der Waals surface area (Å²) in [5, 5.41) is -1.67. The topological polar surface area (TPSA) is 78.9 Å². The van der Waals surface area contributed by atoms with Crippen molar-refractivity contribution in [3.05, 3.63) is 12.2 Å². The van der Waals surface area contributed by atoms with Crippen molar-refractivity contribution in [2.24, 2.45) is 0 Å². The van der Waals surface area contributed by atoms with Crippen molar-refractivity contribution in [1.82, 2.24) is 0 Å². The van der Waals surface area contributed by atoms with Crippen molar-refractivity contribution >= 4 is 16.1 Å². The molecular weight excluding hydrogens is 317 g/mol. The molecule has 5 atom stereocenters. The van der Waals surface area contributed by atoms with Crippen LogP contribution in [0.1, 0.15) is 13.3 Å². The van der Waals surface area contributed by atoms with Gasteiger partial charge >= 0.3 is 12.1 Å². The summed E-state index contributed by atoms with van der Waals surface area (Å²) in [4.78, 5) is 11.5.